The summed E-state index contributed by atoms with van der Waals surface area (Å²) in [4.78, 5) is 11.3. The summed E-state index contributed by atoms with van der Waals surface area (Å²) < 4.78 is 0. The zero-order valence-corrected chi connectivity index (χ0v) is 11.4. The molecule has 0 saturated carbocycles. The molecular formula is C16H28O. The Balaban J connectivity index is 3.15. The molecule has 17 heavy (non-hydrogen) atoms. The molecule has 0 aliphatic rings. The normalized spacial score (nSPS) is 10.9. The molecule has 0 aromatic heterocycles. The minimum atomic E-state index is 0.229. The summed E-state index contributed by atoms with van der Waals surface area (Å²) in [6.45, 7) is 5.79. The van der Waals surface area contributed by atoms with Gasteiger partial charge in [-0.15, -0.1) is 0 Å². The lowest BCUT2D eigenvalue weighted by Gasteiger charge is -2.00. The van der Waals surface area contributed by atoms with Crippen molar-refractivity contribution in [2.45, 2.75) is 71.1 Å². The Morgan fingerprint density at radius 3 is 2.00 bits per heavy atom. The Morgan fingerprint density at radius 2 is 1.47 bits per heavy atom. The quantitative estimate of drug-likeness (QED) is 0.258. The van der Waals surface area contributed by atoms with Gasteiger partial charge in [-0.1, -0.05) is 77.0 Å². The van der Waals surface area contributed by atoms with Gasteiger partial charge in [-0.3, -0.25) is 4.79 Å². The summed E-state index contributed by atoms with van der Waals surface area (Å²) in [7, 11) is 0. The van der Waals surface area contributed by atoms with Crippen molar-refractivity contribution >= 4 is 5.78 Å². The second-order valence-corrected chi connectivity index (χ2v) is 4.64. The van der Waals surface area contributed by atoms with E-state index in [-0.39, 0.29) is 5.78 Å². The summed E-state index contributed by atoms with van der Waals surface area (Å²) in [5.74, 6) is 0.229. The van der Waals surface area contributed by atoms with Crippen LogP contribution in [-0.2, 0) is 4.79 Å². The first-order valence-electron chi connectivity index (χ1n) is 7.13. The maximum atomic E-state index is 11.3. The molecule has 1 heteroatoms. The highest BCUT2D eigenvalue weighted by molar-refractivity contribution is 5.89. The first kappa shape index (κ1) is 16.1. The van der Waals surface area contributed by atoms with Gasteiger partial charge in [-0.05, 0) is 12.5 Å². The number of unbranched alkanes of at least 4 members (excludes halogenated alkanes) is 8. The van der Waals surface area contributed by atoms with Gasteiger partial charge in [0, 0.05) is 6.42 Å². The van der Waals surface area contributed by atoms with Gasteiger partial charge < -0.3 is 0 Å². The molecule has 98 valence electrons. The maximum absolute atomic E-state index is 11.3. The van der Waals surface area contributed by atoms with Crippen LogP contribution in [0.1, 0.15) is 71.1 Å². The highest BCUT2D eigenvalue weighted by atomic mass is 16.1. The lowest BCUT2D eigenvalue weighted by Crippen LogP contribution is -1.92. The lowest BCUT2D eigenvalue weighted by molar-refractivity contribution is -0.114. The highest BCUT2D eigenvalue weighted by Crippen LogP contribution is 2.10. The number of rotatable bonds is 12. The molecule has 0 rings (SSSR count). The van der Waals surface area contributed by atoms with E-state index in [1.165, 1.54) is 51.4 Å². The molecule has 0 saturated heterocycles. The monoisotopic (exact) mass is 236 g/mol. The Kier molecular flexibility index (Phi) is 12.6. The van der Waals surface area contributed by atoms with E-state index in [4.69, 9.17) is 0 Å². The maximum Gasteiger partial charge on any atom is 0.155 e. The number of hydrogen-bond donors (Lipinski definition) is 0. The topological polar surface area (TPSA) is 17.1 Å². The summed E-state index contributed by atoms with van der Waals surface area (Å²) in [5.41, 5.74) is 0. The smallest absolute Gasteiger partial charge is 0.155 e. The molecule has 0 atom stereocenters. The fraction of sp³-hybridized carbons (Fsp3) is 0.688. The lowest BCUT2D eigenvalue weighted by atomic mass is 10.1. The van der Waals surface area contributed by atoms with Gasteiger partial charge in [-0.25, -0.2) is 0 Å². The van der Waals surface area contributed by atoms with Crippen LogP contribution in [0.5, 0.6) is 0 Å². The van der Waals surface area contributed by atoms with E-state index in [9.17, 15) is 4.79 Å². The number of ketones is 1. The molecule has 0 aromatic carbocycles. The van der Waals surface area contributed by atoms with Gasteiger partial charge in [0.15, 0.2) is 5.78 Å². The summed E-state index contributed by atoms with van der Waals surface area (Å²) in [6, 6.07) is 0. The van der Waals surface area contributed by atoms with Gasteiger partial charge in [0.2, 0.25) is 0 Å². The Morgan fingerprint density at radius 1 is 0.941 bits per heavy atom. The van der Waals surface area contributed by atoms with E-state index in [1.807, 2.05) is 0 Å². The summed E-state index contributed by atoms with van der Waals surface area (Å²) >= 11 is 0. The largest absolute Gasteiger partial charge is 0.295 e. The van der Waals surface area contributed by atoms with Crippen LogP contribution >= 0.6 is 0 Å². The van der Waals surface area contributed by atoms with Crippen LogP contribution in [0.15, 0.2) is 24.8 Å². The number of hydrogen-bond acceptors (Lipinski definition) is 1. The third-order valence-corrected chi connectivity index (χ3v) is 2.94. The fourth-order valence-corrected chi connectivity index (χ4v) is 1.87. The van der Waals surface area contributed by atoms with Crippen LogP contribution < -0.4 is 0 Å². The number of allylic oxidation sites excluding steroid dienone is 3. The molecule has 1 nitrogen and oxygen atoms in total. The second-order valence-electron chi connectivity index (χ2n) is 4.64. The van der Waals surface area contributed by atoms with Crippen molar-refractivity contribution in [2.75, 3.05) is 0 Å². The molecule has 0 bridgehead atoms. The van der Waals surface area contributed by atoms with E-state index in [2.05, 4.69) is 13.5 Å². The molecule has 0 unspecified atom stereocenters. The van der Waals surface area contributed by atoms with Crippen molar-refractivity contribution in [3.63, 3.8) is 0 Å². The Hall–Kier alpha value is -0.850. The minimum Gasteiger partial charge on any atom is -0.295 e. The third kappa shape index (κ3) is 13.1. The predicted octanol–water partition coefficient (Wildman–Crippen LogP) is 5.22. The summed E-state index contributed by atoms with van der Waals surface area (Å²) in [5, 5.41) is 0. The van der Waals surface area contributed by atoms with Gasteiger partial charge in [0.1, 0.15) is 0 Å². The highest BCUT2D eigenvalue weighted by Gasteiger charge is 1.96. The molecule has 0 radical (unpaired) electrons. The van der Waals surface area contributed by atoms with Crippen molar-refractivity contribution in [1.29, 1.82) is 0 Å². The van der Waals surface area contributed by atoms with E-state index in [1.54, 1.807) is 18.2 Å². The van der Waals surface area contributed by atoms with Crippen LogP contribution in [0, 0.1) is 0 Å². The van der Waals surface area contributed by atoms with E-state index < -0.39 is 0 Å². The fourth-order valence-electron chi connectivity index (χ4n) is 1.87. The molecule has 0 aliphatic heterocycles. The standard InChI is InChI=1S/C16H28O/c1-3-5-7-8-9-10-11-12-13-15-16(17)14-6-4-2/h4,6,14H,2-3,5,7-13,15H2,1H3. The first-order valence-corrected chi connectivity index (χ1v) is 7.13. The minimum absolute atomic E-state index is 0.229. The zero-order chi connectivity index (χ0) is 12.8. The average Bonchev–Trinajstić information content (AvgIpc) is 2.34. The van der Waals surface area contributed by atoms with Crippen LogP contribution in [0.4, 0.5) is 0 Å². The molecule has 0 fully saturated rings. The van der Waals surface area contributed by atoms with E-state index in [0.29, 0.717) is 6.42 Å². The van der Waals surface area contributed by atoms with E-state index >= 15 is 0 Å². The van der Waals surface area contributed by atoms with Gasteiger partial charge in [-0.2, -0.15) is 0 Å². The second kappa shape index (κ2) is 13.2. The Bertz CT molecular complexity index is 216. The molecule has 0 heterocycles. The van der Waals surface area contributed by atoms with Crippen molar-refractivity contribution in [2.24, 2.45) is 0 Å². The molecule has 0 aliphatic carbocycles. The van der Waals surface area contributed by atoms with E-state index in [0.717, 1.165) is 6.42 Å². The van der Waals surface area contributed by atoms with Crippen LogP contribution in [0.3, 0.4) is 0 Å². The number of carbonyl (C=O) groups is 1. The van der Waals surface area contributed by atoms with Crippen LogP contribution in [0.25, 0.3) is 0 Å². The van der Waals surface area contributed by atoms with Crippen LogP contribution in [0.2, 0.25) is 0 Å². The van der Waals surface area contributed by atoms with Crippen molar-refractivity contribution in [3.8, 4) is 0 Å². The predicted molar refractivity (Wildman–Crippen MR) is 76.2 cm³/mol. The SMILES string of the molecule is C=CC=CC(=O)CCCCCCCCCCC. The van der Waals surface area contributed by atoms with Crippen molar-refractivity contribution in [1.82, 2.24) is 0 Å². The number of carbonyl (C=O) groups excluding carboxylic acids is 1. The molecule has 0 aromatic rings. The molecule has 0 amide bonds. The van der Waals surface area contributed by atoms with Crippen molar-refractivity contribution < 1.29 is 4.79 Å². The molecule has 0 N–H and O–H groups in total. The average molecular weight is 236 g/mol. The van der Waals surface area contributed by atoms with Crippen LogP contribution in [-0.4, -0.2) is 5.78 Å². The molecular weight excluding hydrogens is 208 g/mol. The van der Waals surface area contributed by atoms with Gasteiger partial charge in [0.25, 0.3) is 0 Å². The van der Waals surface area contributed by atoms with Crippen molar-refractivity contribution in [3.05, 3.63) is 24.8 Å². The molecule has 0 spiro atoms. The third-order valence-electron chi connectivity index (χ3n) is 2.94. The van der Waals surface area contributed by atoms with Gasteiger partial charge in [0.05, 0.1) is 0 Å². The first-order chi connectivity index (χ1) is 8.31. The van der Waals surface area contributed by atoms with Gasteiger partial charge >= 0.3 is 0 Å². The summed E-state index contributed by atoms with van der Waals surface area (Å²) in [6.07, 6.45) is 17.4. The Labute approximate surface area is 107 Å². The zero-order valence-electron chi connectivity index (χ0n) is 11.4.